The molecule has 0 aliphatic carbocycles. The molecule has 0 unspecified atom stereocenters. The first-order valence-corrected chi connectivity index (χ1v) is 7.09. The number of carbonyl (C=O) groups is 1. The van der Waals surface area contributed by atoms with Crippen molar-refractivity contribution in [3.8, 4) is 0 Å². The van der Waals surface area contributed by atoms with Gasteiger partial charge in [0, 0.05) is 42.5 Å². The van der Waals surface area contributed by atoms with E-state index in [1.807, 2.05) is 42.6 Å². The Hall–Kier alpha value is -2.66. The quantitative estimate of drug-likeness (QED) is 0.754. The summed E-state index contributed by atoms with van der Waals surface area (Å²) in [4.78, 5) is 15.0. The highest BCUT2D eigenvalue weighted by Crippen LogP contribution is 2.23. The van der Waals surface area contributed by atoms with Crippen LogP contribution in [0, 0.1) is 0 Å². The van der Waals surface area contributed by atoms with Crippen LogP contribution >= 0.6 is 0 Å². The van der Waals surface area contributed by atoms with Crippen molar-refractivity contribution in [1.29, 1.82) is 0 Å². The minimum absolute atomic E-state index is 0.319. The zero-order chi connectivity index (χ0) is 15.5. The monoisotopic (exact) mass is 295 g/mol. The first-order valence-electron chi connectivity index (χ1n) is 7.09. The molecule has 2 aromatic heterocycles. The Morgan fingerprint density at radius 3 is 2.68 bits per heavy atom. The number of benzene rings is 1. The van der Waals surface area contributed by atoms with E-state index in [-0.39, 0.29) is 0 Å². The third-order valence-corrected chi connectivity index (χ3v) is 3.73. The van der Waals surface area contributed by atoms with Crippen molar-refractivity contribution >= 4 is 16.9 Å². The predicted octanol–water partition coefficient (Wildman–Crippen LogP) is 2.04. The number of hydrogen-bond acceptors (Lipinski definition) is 3. The number of carboxylic acid groups (broad SMARTS) is 1. The first-order chi connectivity index (χ1) is 10.6. The zero-order valence-corrected chi connectivity index (χ0v) is 12.0. The van der Waals surface area contributed by atoms with Crippen molar-refractivity contribution in [3.05, 3.63) is 66.1 Å². The highest BCUT2D eigenvalue weighted by molar-refractivity contribution is 5.85. The molecule has 0 fully saturated rings. The van der Waals surface area contributed by atoms with Gasteiger partial charge < -0.3 is 15.4 Å². The van der Waals surface area contributed by atoms with Gasteiger partial charge in [-0.15, -0.1) is 0 Å². The van der Waals surface area contributed by atoms with E-state index >= 15 is 0 Å². The number of para-hydroxylation sites is 1. The molecule has 1 aromatic carbocycles. The van der Waals surface area contributed by atoms with Crippen LogP contribution in [0.3, 0.4) is 0 Å². The van der Waals surface area contributed by atoms with E-state index in [9.17, 15) is 4.79 Å². The minimum Gasteiger partial charge on any atom is -0.480 e. The predicted molar refractivity (Wildman–Crippen MR) is 84.6 cm³/mol. The van der Waals surface area contributed by atoms with Crippen molar-refractivity contribution in [2.75, 3.05) is 0 Å². The van der Waals surface area contributed by atoms with Crippen molar-refractivity contribution in [2.45, 2.75) is 19.0 Å². The number of rotatable bonds is 5. The lowest BCUT2D eigenvalue weighted by Crippen LogP contribution is -2.32. The number of nitrogens with zero attached hydrogens (tertiary/aromatic N) is 2. The second-order valence-electron chi connectivity index (χ2n) is 5.30. The molecule has 0 aliphatic rings. The molecule has 0 amide bonds. The molecule has 22 heavy (non-hydrogen) atoms. The summed E-state index contributed by atoms with van der Waals surface area (Å²) in [5.74, 6) is -0.981. The van der Waals surface area contributed by atoms with E-state index in [0.29, 0.717) is 13.0 Å². The SMILES string of the molecule is N[C@@H](Cc1cn(Cc2ccncc2)c2ccccc12)C(=O)O. The Balaban J connectivity index is 1.99. The Morgan fingerprint density at radius 1 is 1.23 bits per heavy atom. The van der Waals surface area contributed by atoms with Gasteiger partial charge in [0.05, 0.1) is 0 Å². The highest BCUT2D eigenvalue weighted by atomic mass is 16.4. The second-order valence-corrected chi connectivity index (χ2v) is 5.30. The minimum atomic E-state index is -0.981. The van der Waals surface area contributed by atoms with Crippen LogP contribution < -0.4 is 5.73 Å². The average molecular weight is 295 g/mol. The van der Waals surface area contributed by atoms with Crippen LogP contribution in [0.2, 0.25) is 0 Å². The zero-order valence-electron chi connectivity index (χ0n) is 12.0. The summed E-state index contributed by atoms with van der Waals surface area (Å²) in [7, 11) is 0. The fourth-order valence-corrected chi connectivity index (χ4v) is 2.63. The summed E-state index contributed by atoms with van der Waals surface area (Å²) in [6.45, 7) is 0.714. The Kier molecular flexibility index (Phi) is 3.89. The molecule has 0 saturated heterocycles. The molecule has 2 heterocycles. The number of hydrogen-bond donors (Lipinski definition) is 2. The topological polar surface area (TPSA) is 81.1 Å². The van der Waals surface area contributed by atoms with E-state index in [0.717, 1.165) is 22.0 Å². The maximum absolute atomic E-state index is 11.0. The first kappa shape index (κ1) is 14.3. The average Bonchev–Trinajstić information content (AvgIpc) is 2.86. The summed E-state index contributed by atoms with van der Waals surface area (Å²) >= 11 is 0. The summed E-state index contributed by atoms with van der Waals surface area (Å²) < 4.78 is 2.12. The van der Waals surface area contributed by atoms with Gasteiger partial charge in [0.25, 0.3) is 0 Å². The van der Waals surface area contributed by atoms with Gasteiger partial charge in [-0.05, 0) is 29.3 Å². The Labute approximate surface area is 128 Å². The van der Waals surface area contributed by atoms with Gasteiger partial charge in [-0.25, -0.2) is 0 Å². The van der Waals surface area contributed by atoms with Gasteiger partial charge >= 0.3 is 5.97 Å². The number of carboxylic acids is 1. The van der Waals surface area contributed by atoms with Crippen molar-refractivity contribution in [1.82, 2.24) is 9.55 Å². The van der Waals surface area contributed by atoms with Gasteiger partial charge in [0.1, 0.15) is 6.04 Å². The number of nitrogens with two attached hydrogens (primary N) is 1. The molecule has 0 bridgehead atoms. The van der Waals surface area contributed by atoms with Crippen LogP contribution in [0.4, 0.5) is 0 Å². The Bertz CT molecular complexity index is 796. The fourth-order valence-electron chi connectivity index (χ4n) is 2.63. The van der Waals surface area contributed by atoms with Crippen LogP contribution in [0.1, 0.15) is 11.1 Å². The number of pyridine rings is 1. The Morgan fingerprint density at radius 2 is 1.95 bits per heavy atom. The lowest BCUT2D eigenvalue weighted by Gasteiger charge is -2.05. The number of aromatic nitrogens is 2. The number of aliphatic carboxylic acids is 1. The van der Waals surface area contributed by atoms with Gasteiger partial charge in [-0.3, -0.25) is 9.78 Å². The van der Waals surface area contributed by atoms with E-state index < -0.39 is 12.0 Å². The normalized spacial score (nSPS) is 12.4. The van der Waals surface area contributed by atoms with Crippen molar-refractivity contribution < 1.29 is 9.90 Å². The molecule has 0 spiro atoms. The van der Waals surface area contributed by atoms with Gasteiger partial charge in [-0.2, -0.15) is 0 Å². The third-order valence-electron chi connectivity index (χ3n) is 3.73. The van der Waals surface area contributed by atoms with Crippen molar-refractivity contribution in [3.63, 3.8) is 0 Å². The third kappa shape index (κ3) is 2.84. The van der Waals surface area contributed by atoms with Gasteiger partial charge in [-0.1, -0.05) is 18.2 Å². The molecule has 0 radical (unpaired) electrons. The second kappa shape index (κ2) is 5.99. The van der Waals surface area contributed by atoms with E-state index in [4.69, 9.17) is 10.8 Å². The maximum Gasteiger partial charge on any atom is 0.320 e. The van der Waals surface area contributed by atoms with Gasteiger partial charge in [0.15, 0.2) is 0 Å². The molecule has 3 rings (SSSR count). The molecule has 3 aromatic rings. The van der Waals surface area contributed by atoms with E-state index in [1.54, 1.807) is 12.4 Å². The standard InChI is InChI=1S/C17H17N3O2/c18-15(17(21)22)9-13-11-20(10-12-5-7-19-8-6-12)16-4-2-1-3-14(13)16/h1-8,11,15H,9-10,18H2,(H,21,22)/t15-/m0/s1. The van der Waals surface area contributed by atoms with Crippen LogP contribution in [-0.2, 0) is 17.8 Å². The lowest BCUT2D eigenvalue weighted by molar-refractivity contribution is -0.138. The summed E-state index contributed by atoms with van der Waals surface area (Å²) in [5, 5.41) is 10.1. The molecule has 3 N–H and O–H groups in total. The molecule has 5 nitrogen and oxygen atoms in total. The molecular formula is C17H17N3O2. The van der Waals surface area contributed by atoms with E-state index in [1.165, 1.54) is 0 Å². The lowest BCUT2D eigenvalue weighted by atomic mass is 10.1. The van der Waals surface area contributed by atoms with Crippen LogP contribution in [0.25, 0.3) is 10.9 Å². The summed E-state index contributed by atoms with van der Waals surface area (Å²) in [6.07, 6.45) is 5.84. The summed E-state index contributed by atoms with van der Waals surface area (Å²) in [6, 6.07) is 11.0. The largest absolute Gasteiger partial charge is 0.480 e. The van der Waals surface area contributed by atoms with Crippen LogP contribution in [0.15, 0.2) is 55.0 Å². The fraction of sp³-hybridized carbons (Fsp3) is 0.176. The molecule has 112 valence electrons. The van der Waals surface area contributed by atoms with Crippen LogP contribution in [-0.4, -0.2) is 26.7 Å². The van der Waals surface area contributed by atoms with Crippen molar-refractivity contribution in [2.24, 2.45) is 5.73 Å². The van der Waals surface area contributed by atoms with E-state index in [2.05, 4.69) is 9.55 Å². The highest BCUT2D eigenvalue weighted by Gasteiger charge is 2.16. The maximum atomic E-state index is 11.0. The molecule has 5 heteroatoms. The molecule has 0 saturated carbocycles. The summed E-state index contributed by atoms with van der Waals surface area (Å²) in [5.41, 5.74) is 8.86. The molecule has 1 atom stereocenters. The number of fused-ring (bicyclic) bond motifs is 1. The molecular weight excluding hydrogens is 278 g/mol. The van der Waals surface area contributed by atoms with Gasteiger partial charge in [0.2, 0.25) is 0 Å². The van der Waals surface area contributed by atoms with Crippen LogP contribution in [0.5, 0.6) is 0 Å². The smallest absolute Gasteiger partial charge is 0.320 e. The molecule has 0 aliphatic heterocycles.